The molecule has 11 nitrogen and oxygen atoms in total. The number of hydrazine groups is 1. The maximum absolute atomic E-state index is 12.0. The van der Waals surface area contributed by atoms with Gasteiger partial charge in [0.1, 0.15) is 12.1 Å². The molecule has 160 valence electrons. The topological polar surface area (TPSA) is 141 Å². The summed E-state index contributed by atoms with van der Waals surface area (Å²) in [4.78, 5) is 30.6. The third-order valence-corrected chi connectivity index (χ3v) is 4.63. The maximum atomic E-state index is 12.0. The smallest absolute Gasteiger partial charge is 0.354 e. The van der Waals surface area contributed by atoms with E-state index < -0.39 is 23.1 Å². The number of rotatable bonds is 9. The minimum atomic E-state index is -0.643. The highest BCUT2D eigenvalue weighted by Gasteiger charge is 2.25. The van der Waals surface area contributed by atoms with E-state index in [0.29, 0.717) is 18.2 Å². The molecule has 2 aromatic rings. The van der Waals surface area contributed by atoms with Crippen molar-refractivity contribution in [2.24, 2.45) is 0 Å². The van der Waals surface area contributed by atoms with Gasteiger partial charge in [-0.05, 0) is 31.0 Å². The highest BCUT2D eigenvalue weighted by atomic mass is 35.5. The van der Waals surface area contributed by atoms with Gasteiger partial charge in [-0.25, -0.2) is 9.97 Å². The van der Waals surface area contributed by atoms with E-state index in [9.17, 15) is 14.9 Å². The Morgan fingerprint density at radius 3 is 2.83 bits per heavy atom. The van der Waals surface area contributed by atoms with Crippen LogP contribution in [0.5, 0.6) is 5.75 Å². The van der Waals surface area contributed by atoms with Gasteiger partial charge in [0.2, 0.25) is 11.6 Å². The number of ether oxygens (including phenoxy) is 2. The molecule has 3 N–H and O–H groups in total. The van der Waals surface area contributed by atoms with Gasteiger partial charge in [-0.2, -0.15) is 0 Å². The Morgan fingerprint density at radius 2 is 2.13 bits per heavy atom. The van der Waals surface area contributed by atoms with Gasteiger partial charge in [0.15, 0.2) is 6.61 Å². The number of hydrogen-bond acceptors (Lipinski definition) is 9. The van der Waals surface area contributed by atoms with Crippen molar-refractivity contribution >= 4 is 46.4 Å². The van der Waals surface area contributed by atoms with E-state index in [4.69, 9.17) is 32.7 Å². The molecule has 0 aliphatic carbocycles. The zero-order valence-corrected chi connectivity index (χ0v) is 17.1. The van der Waals surface area contributed by atoms with Crippen molar-refractivity contribution < 1.29 is 19.2 Å². The molecule has 1 aliphatic rings. The predicted octanol–water partition coefficient (Wildman–Crippen LogP) is 2.80. The monoisotopic (exact) mass is 456 g/mol. The SMILES string of the molecule is O=C(COc1ccc(Cl)cc1Cl)NNc1ncnc(NCC2CCCO2)c1[N+](=O)[O-]. The number of benzene rings is 1. The lowest BCUT2D eigenvalue weighted by atomic mass is 10.2. The summed E-state index contributed by atoms with van der Waals surface area (Å²) < 4.78 is 10.8. The van der Waals surface area contributed by atoms with Crippen molar-refractivity contribution in [2.45, 2.75) is 18.9 Å². The maximum Gasteiger partial charge on any atom is 0.354 e. The van der Waals surface area contributed by atoms with Crippen LogP contribution in [0.3, 0.4) is 0 Å². The molecule has 0 radical (unpaired) electrons. The molecule has 30 heavy (non-hydrogen) atoms. The fourth-order valence-corrected chi connectivity index (χ4v) is 3.15. The van der Waals surface area contributed by atoms with E-state index in [1.165, 1.54) is 12.1 Å². The van der Waals surface area contributed by atoms with Crippen LogP contribution in [0.25, 0.3) is 0 Å². The van der Waals surface area contributed by atoms with Crippen LogP contribution in [-0.2, 0) is 9.53 Å². The van der Waals surface area contributed by atoms with Crippen LogP contribution >= 0.6 is 23.2 Å². The Kier molecular flexibility index (Phi) is 7.44. The number of halogens is 2. The fraction of sp³-hybridized carbons (Fsp3) is 0.353. The van der Waals surface area contributed by atoms with Crippen LogP contribution in [0.2, 0.25) is 10.0 Å². The summed E-state index contributed by atoms with van der Waals surface area (Å²) in [5.74, 6) is -0.498. The number of aromatic nitrogens is 2. The molecule has 1 fully saturated rings. The van der Waals surface area contributed by atoms with E-state index in [-0.39, 0.29) is 28.5 Å². The molecular formula is C17H18Cl2N6O5. The first kappa shape index (κ1) is 21.8. The molecule has 0 spiro atoms. The first-order valence-electron chi connectivity index (χ1n) is 8.91. The number of carbonyl (C=O) groups excluding carboxylic acids is 1. The standard InChI is InChI=1S/C17H18Cl2N6O5/c18-10-3-4-13(12(19)6-10)30-8-14(26)23-24-17-15(25(27)28)16(21-9-22-17)20-7-11-2-1-5-29-11/h3-4,6,9,11H,1-2,5,7-8H2,(H,23,26)(H2,20,21,22,24). The first-order chi connectivity index (χ1) is 14.4. The molecule has 0 bridgehead atoms. The predicted molar refractivity (Wildman–Crippen MR) is 110 cm³/mol. The Morgan fingerprint density at radius 1 is 1.33 bits per heavy atom. The number of anilines is 2. The first-order valence-corrected chi connectivity index (χ1v) is 9.67. The van der Waals surface area contributed by atoms with Crippen LogP contribution in [0, 0.1) is 10.1 Å². The number of nitro groups is 1. The third-order valence-electron chi connectivity index (χ3n) is 4.10. The molecular weight excluding hydrogens is 439 g/mol. The second-order valence-corrected chi connectivity index (χ2v) is 7.07. The summed E-state index contributed by atoms with van der Waals surface area (Å²) in [5, 5.41) is 15.1. The minimum absolute atomic E-state index is 0.0199. The van der Waals surface area contributed by atoms with Gasteiger partial charge in [0.25, 0.3) is 5.91 Å². The second-order valence-electron chi connectivity index (χ2n) is 6.23. The summed E-state index contributed by atoms with van der Waals surface area (Å²) in [7, 11) is 0. The molecule has 3 rings (SSSR count). The third kappa shape index (κ3) is 5.81. The zero-order chi connectivity index (χ0) is 21.5. The van der Waals surface area contributed by atoms with Crippen molar-refractivity contribution in [3.05, 3.63) is 44.7 Å². The average Bonchev–Trinajstić information content (AvgIpc) is 3.23. The van der Waals surface area contributed by atoms with Gasteiger partial charge in [0.05, 0.1) is 16.0 Å². The van der Waals surface area contributed by atoms with Gasteiger partial charge < -0.3 is 14.8 Å². The van der Waals surface area contributed by atoms with Crippen LogP contribution in [-0.4, -0.2) is 46.7 Å². The normalized spacial score (nSPS) is 15.5. The van der Waals surface area contributed by atoms with Gasteiger partial charge in [-0.3, -0.25) is 25.8 Å². The van der Waals surface area contributed by atoms with Gasteiger partial charge in [-0.15, -0.1) is 0 Å². The molecule has 1 atom stereocenters. The minimum Gasteiger partial charge on any atom is -0.482 e. The van der Waals surface area contributed by atoms with Crippen LogP contribution < -0.4 is 20.9 Å². The Labute approximate surface area is 181 Å². The number of nitrogens with zero attached hydrogens (tertiary/aromatic N) is 3. The molecule has 0 saturated carbocycles. The van der Waals surface area contributed by atoms with Gasteiger partial charge >= 0.3 is 5.69 Å². The molecule has 1 aliphatic heterocycles. The summed E-state index contributed by atoms with van der Waals surface area (Å²) in [5.41, 5.74) is 4.31. The largest absolute Gasteiger partial charge is 0.482 e. The summed E-state index contributed by atoms with van der Waals surface area (Å²) >= 11 is 11.8. The lowest BCUT2D eigenvalue weighted by Crippen LogP contribution is -2.34. The van der Waals surface area contributed by atoms with Crippen molar-refractivity contribution in [2.75, 3.05) is 30.5 Å². The molecule has 1 unspecified atom stereocenters. The van der Waals surface area contributed by atoms with Crippen LogP contribution in [0.15, 0.2) is 24.5 Å². The fourth-order valence-electron chi connectivity index (χ4n) is 2.69. The molecule has 1 aromatic carbocycles. The van der Waals surface area contributed by atoms with Gasteiger partial charge in [-0.1, -0.05) is 23.2 Å². The average molecular weight is 457 g/mol. The number of hydrogen-bond donors (Lipinski definition) is 3. The summed E-state index contributed by atoms with van der Waals surface area (Å²) in [6.07, 6.45) is 2.92. The number of nitrogens with one attached hydrogen (secondary N) is 3. The Balaban J connectivity index is 1.58. The lowest BCUT2D eigenvalue weighted by Gasteiger charge is -2.13. The molecule has 13 heteroatoms. The van der Waals surface area contributed by atoms with E-state index >= 15 is 0 Å². The summed E-state index contributed by atoms with van der Waals surface area (Å²) in [6.45, 7) is 0.650. The number of carbonyl (C=O) groups is 1. The van der Waals surface area contributed by atoms with Gasteiger partial charge in [0, 0.05) is 18.2 Å². The zero-order valence-electron chi connectivity index (χ0n) is 15.6. The van der Waals surface area contributed by atoms with E-state index in [2.05, 4.69) is 26.1 Å². The molecule has 2 heterocycles. The number of amides is 1. The van der Waals surface area contributed by atoms with E-state index in [0.717, 1.165) is 19.2 Å². The van der Waals surface area contributed by atoms with E-state index in [1.54, 1.807) is 6.07 Å². The van der Waals surface area contributed by atoms with Crippen molar-refractivity contribution in [3.8, 4) is 5.75 Å². The quantitative estimate of drug-likeness (QED) is 0.383. The summed E-state index contributed by atoms with van der Waals surface area (Å²) in [6, 6.07) is 4.56. The van der Waals surface area contributed by atoms with Crippen molar-refractivity contribution in [1.82, 2.24) is 15.4 Å². The highest BCUT2D eigenvalue weighted by Crippen LogP contribution is 2.29. The molecule has 1 amide bonds. The Bertz CT molecular complexity index is 926. The van der Waals surface area contributed by atoms with Crippen LogP contribution in [0.4, 0.5) is 17.3 Å². The second kappa shape index (κ2) is 10.2. The van der Waals surface area contributed by atoms with Crippen LogP contribution in [0.1, 0.15) is 12.8 Å². The van der Waals surface area contributed by atoms with E-state index in [1.807, 2.05) is 0 Å². The Hall–Kier alpha value is -2.89. The molecule has 1 aromatic heterocycles. The van der Waals surface area contributed by atoms with Crippen molar-refractivity contribution in [3.63, 3.8) is 0 Å². The molecule has 1 saturated heterocycles. The van der Waals surface area contributed by atoms with Crippen molar-refractivity contribution in [1.29, 1.82) is 0 Å². The lowest BCUT2D eigenvalue weighted by molar-refractivity contribution is -0.383. The highest BCUT2D eigenvalue weighted by molar-refractivity contribution is 6.35.